The van der Waals surface area contributed by atoms with E-state index in [1.165, 1.54) is 19.4 Å². The van der Waals surface area contributed by atoms with Gasteiger partial charge in [0.2, 0.25) is 0 Å². The first kappa shape index (κ1) is 26.4. The number of piperazine rings is 1. The first-order chi connectivity index (χ1) is 19.9. The lowest BCUT2D eigenvalue weighted by atomic mass is 9.84. The number of pyridine rings is 1. The predicted octanol–water partition coefficient (Wildman–Crippen LogP) is 4.38. The average molecular weight is 571 g/mol. The fourth-order valence-corrected chi connectivity index (χ4v) is 6.86. The van der Waals surface area contributed by atoms with Crippen molar-refractivity contribution in [2.24, 2.45) is 0 Å². The highest BCUT2D eigenvalue weighted by atomic mass is 35.5. The maximum atomic E-state index is 13.2. The molecule has 2 aromatic heterocycles. The van der Waals surface area contributed by atoms with Crippen LogP contribution in [-0.2, 0) is 12.0 Å². The zero-order valence-corrected chi connectivity index (χ0v) is 23.9. The van der Waals surface area contributed by atoms with Gasteiger partial charge in [0.25, 0.3) is 5.91 Å². The lowest BCUT2D eigenvalue weighted by Crippen LogP contribution is -2.52. The first-order valence-corrected chi connectivity index (χ1v) is 15.0. The topological polar surface area (TPSA) is 77.2 Å². The van der Waals surface area contributed by atoms with Crippen LogP contribution in [0.5, 0.6) is 0 Å². The molecule has 41 heavy (non-hydrogen) atoms. The zero-order valence-electron chi connectivity index (χ0n) is 23.1. The summed E-state index contributed by atoms with van der Waals surface area (Å²) in [5, 5.41) is 16.7. The van der Waals surface area contributed by atoms with E-state index in [0.717, 1.165) is 53.5 Å². The van der Waals surface area contributed by atoms with Crippen molar-refractivity contribution in [2.45, 2.75) is 43.7 Å². The highest BCUT2D eigenvalue weighted by Gasteiger charge is 2.35. The van der Waals surface area contributed by atoms with Crippen LogP contribution in [0, 0.1) is 0 Å². The number of piperidine rings is 1. The summed E-state index contributed by atoms with van der Waals surface area (Å²) < 4.78 is 1.84. The molecule has 3 fully saturated rings. The van der Waals surface area contributed by atoms with Gasteiger partial charge in [-0.05, 0) is 79.8 Å². The van der Waals surface area contributed by atoms with Gasteiger partial charge in [0.05, 0.1) is 11.3 Å². The van der Waals surface area contributed by atoms with E-state index in [9.17, 15) is 9.90 Å². The minimum absolute atomic E-state index is 0.128. The van der Waals surface area contributed by atoms with Crippen molar-refractivity contribution in [2.75, 3.05) is 44.2 Å². The van der Waals surface area contributed by atoms with Gasteiger partial charge in [0.1, 0.15) is 0 Å². The molecule has 9 heteroatoms. The van der Waals surface area contributed by atoms with Crippen molar-refractivity contribution >= 4 is 28.8 Å². The fourth-order valence-electron chi connectivity index (χ4n) is 6.73. The molecular formula is C32H35ClN6O2. The highest BCUT2D eigenvalue weighted by molar-refractivity contribution is 6.30. The van der Waals surface area contributed by atoms with E-state index in [-0.39, 0.29) is 5.91 Å². The van der Waals surface area contributed by atoms with Crippen molar-refractivity contribution < 1.29 is 9.90 Å². The Kier molecular flexibility index (Phi) is 6.93. The number of aromatic nitrogens is 3. The molecule has 0 radical (unpaired) electrons. The van der Waals surface area contributed by atoms with Crippen LogP contribution in [0.4, 0.5) is 5.69 Å². The predicted molar refractivity (Wildman–Crippen MR) is 160 cm³/mol. The number of carbonyl (C=O) groups is 1. The molecule has 7 rings (SSSR count). The molecule has 0 bridgehead atoms. The second-order valence-electron chi connectivity index (χ2n) is 11.7. The third-order valence-corrected chi connectivity index (χ3v) is 9.39. The van der Waals surface area contributed by atoms with E-state index in [0.29, 0.717) is 43.4 Å². The average Bonchev–Trinajstić information content (AvgIpc) is 3.64. The van der Waals surface area contributed by atoms with Crippen LogP contribution in [-0.4, -0.2) is 80.7 Å². The Morgan fingerprint density at radius 2 is 1.76 bits per heavy atom. The third-order valence-electron chi connectivity index (χ3n) is 9.14. The van der Waals surface area contributed by atoms with Gasteiger partial charge in [-0.3, -0.25) is 9.69 Å². The van der Waals surface area contributed by atoms with E-state index in [2.05, 4.69) is 15.9 Å². The molecule has 8 nitrogen and oxygen atoms in total. The van der Waals surface area contributed by atoms with Gasteiger partial charge in [-0.1, -0.05) is 35.9 Å². The Morgan fingerprint density at radius 1 is 0.976 bits per heavy atom. The number of fused-ring (bicyclic) bond motifs is 2. The van der Waals surface area contributed by atoms with E-state index in [1.807, 2.05) is 70.2 Å². The minimum Gasteiger partial charge on any atom is -0.385 e. The monoisotopic (exact) mass is 570 g/mol. The lowest BCUT2D eigenvalue weighted by molar-refractivity contribution is 0.0118. The number of hydrogen-bond donors (Lipinski definition) is 1. The number of benzene rings is 2. The summed E-state index contributed by atoms with van der Waals surface area (Å²) in [6.07, 6.45) is 6.20. The third kappa shape index (κ3) is 5.20. The zero-order chi connectivity index (χ0) is 28.0. The number of rotatable bonds is 5. The first-order valence-electron chi connectivity index (χ1n) is 14.7. The van der Waals surface area contributed by atoms with Crippen molar-refractivity contribution in [3.05, 3.63) is 94.4 Å². The molecule has 1 amide bonds. The van der Waals surface area contributed by atoms with Gasteiger partial charge in [-0.2, -0.15) is 5.10 Å². The second-order valence-corrected chi connectivity index (χ2v) is 12.1. The van der Waals surface area contributed by atoms with Crippen molar-refractivity contribution in [3.8, 4) is 0 Å². The minimum atomic E-state index is -0.858. The normalized spacial score (nSPS) is 20.9. The Morgan fingerprint density at radius 3 is 2.54 bits per heavy atom. The Balaban J connectivity index is 1.02. The van der Waals surface area contributed by atoms with Crippen LogP contribution in [0.25, 0.3) is 5.65 Å². The van der Waals surface area contributed by atoms with Crippen LogP contribution in [0.3, 0.4) is 0 Å². The van der Waals surface area contributed by atoms with Crippen molar-refractivity contribution in [1.82, 2.24) is 24.4 Å². The van der Waals surface area contributed by atoms with Crippen LogP contribution in [0.2, 0.25) is 5.02 Å². The molecule has 4 aromatic rings. The Labute approximate surface area is 245 Å². The largest absolute Gasteiger partial charge is 0.385 e. The summed E-state index contributed by atoms with van der Waals surface area (Å²) in [5.41, 5.74) is 3.71. The number of hydrogen-bond acceptors (Lipinski definition) is 6. The summed E-state index contributed by atoms with van der Waals surface area (Å²) >= 11 is 6.05. The van der Waals surface area contributed by atoms with Crippen LogP contribution >= 0.6 is 11.6 Å². The summed E-state index contributed by atoms with van der Waals surface area (Å²) in [6, 6.07) is 20.0. The van der Waals surface area contributed by atoms with Crippen molar-refractivity contribution in [1.29, 1.82) is 0 Å². The Bertz CT molecular complexity index is 1540. The lowest BCUT2D eigenvalue weighted by Gasteiger charge is -2.39. The second kappa shape index (κ2) is 10.7. The van der Waals surface area contributed by atoms with E-state index in [1.54, 1.807) is 0 Å². The number of carbonyl (C=O) groups excluding carboxylic acids is 1. The smallest absolute Gasteiger partial charge is 0.253 e. The highest BCUT2D eigenvalue weighted by Crippen LogP contribution is 2.36. The molecule has 5 heterocycles. The molecule has 3 saturated heterocycles. The number of amides is 1. The molecule has 0 spiro atoms. The molecule has 3 aliphatic rings. The van der Waals surface area contributed by atoms with Crippen molar-refractivity contribution in [3.63, 3.8) is 0 Å². The number of aliphatic hydroxyl groups is 1. The molecule has 1 N–H and O–H groups in total. The van der Waals surface area contributed by atoms with Gasteiger partial charge in [0, 0.05) is 62.0 Å². The molecule has 3 aliphatic heterocycles. The quantitative estimate of drug-likeness (QED) is 0.384. The summed E-state index contributed by atoms with van der Waals surface area (Å²) in [4.78, 5) is 24.9. The maximum absolute atomic E-state index is 13.2. The van der Waals surface area contributed by atoms with Crippen LogP contribution in [0.15, 0.2) is 66.9 Å². The molecular weight excluding hydrogens is 536 g/mol. The number of halogens is 1. The molecule has 0 aliphatic carbocycles. The summed E-state index contributed by atoms with van der Waals surface area (Å²) in [6.45, 7) is 5.23. The number of nitrogens with zero attached hydrogens (tertiary/aromatic N) is 6. The van der Waals surface area contributed by atoms with Gasteiger partial charge < -0.3 is 14.9 Å². The molecule has 0 saturated carbocycles. The summed E-state index contributed by atoms with van der Waals surface area (Å²) in [7, 11) is 0. The molecule has 1 atom stereocenters. The van der Waals surface area contributed by atoms with E-state index >= 15 is 0 Å². The van der Waals surface area contributed by atoms with Crippen LogP contribution in [0.1, 0.15) is 53.0 Å². The van der Waals surface area contributed by atoms with Gasteiger partial charge in [-0.15, -0.1) is 0 Å². The van der Waals surface area contributed by atoms with Gasteiger partial charge in [-0.25, -0.2) is 9.50 Å². The Hall–Kier alpha value is -3.46. The standard InChI is InChI=1S/C32H35ClN6O2/c33-26-11-9-25(10-12-26)32(41)13-17-37(18-14-32)28-4-2-16-39-30(28)34-29(35-39)21-23-5-7-24(8-6-23)31(40)38-20-19-36-15-1-3-27(36)22-38/h2,4-12,16,27,41H,1,3,13-15,17-22H2. The van der Waals surface area contributed by atoms with Gasteiger partial charge in [0.15, 0.2) is 11.5 Å². The molecule has 212 valence electrons. The summed E-state index contributed by atoms with van der Waals surface area (Å²) in [5.74, 6) is 0.867. The van der Waals surface area contributed by atoms with E-state index in [4.69, 9.17) is 21.7 Å². The maximum Gasteiger partial charge on any atom is 0.253 e. The molecule has 2 aromatic carbocycles. The van der Waals surface area contributed by atoms with E-state index < -0.39 is 5.60 Å². The SMILES string of the molecule is O=C(c1ccc(Cc2nc3c(N4CCC(O)(c5ccc(Cl)cc5)CC4)cccn3n2)cc1)N1CCN2CCCC2C1. The van der Waals surface area contributed by atoms with Crippen LogP contribution < -0.4 is 4.90 Å². The fraction of sp³-hybridized carbons (Fsp3) is 0.406. The number of anilines is 1. The van der Waals surface area contributed by atoms with Gasteiger partial charge >= 0.3 is 0 Å². The molecule has 1 unspecified atom stereocenters.